The van der Waals surface area contributed by atoms with Crippen LogP contribution in [0.1, 0.15) is 16.3 Å². The van der Waals surface area contributed by atoms with Gasteiger partial charge in [0.25, 0.3) is 0 Å². The van der Waals surface area contributed by atoms with E-state index in [1.54, 1.807) is 18.2 Å². The van der Waals surface area contributed by atoms with Crippen molar-refractivity contribution >= 4 is 46.5 Å². The molecule has 7 heteroatoms. The quantitative estimate of drug-likeness (QED) is 0.828. The Morgan fingerprint density at radius 3 is 2.50 bits per heavy atom. The topological polar surface area (TPSA) is 51.5 Å². The highest BCUT2D eigenvalue weighted by Gasteiger charge is 2.12. The molecule has 0 amide bonds. The number of anilines is 1. The van der Waals surface area contributed by atoms with Gasteiger partial charge in [-0.1, -0.05) is 34.8 Å². The van der Waals surface area contributed by atoms with Gasteiger partial charge in [-0.25, -0.2) is 4.79 Å². The first-order valence-electron chi connectivity index (χ1n) is 5.56. The van der Waals surface area contributed by atoms with Crippen molar-refractivity contribution in [3.8, 4) is 0 Å². The molecule has 1 aromatic heterocycles. The smallest absolute Gasteiger partial charge is 0.373 e. The fraction of sp³-hybridized carbons (Fsp3) is 0.154. The first-order chi connectivity index (χ1) is 9.51. The molecule has 2 aromatic rings. The summed E-state index contributed by atoms with van der Waals surface area (Å²) in [6, 6.07) is 6.36. The third kappa shape index (κ3) is 3.39. The molecule has 106 valence electrons. The highest BCUT2D eigenvalue weighted by molar-refractivity contribution is 6.41. The van der Waals surface area contributed by atoms with Crippen molar-refractivity contribution in [1.29, 1.82) is 0 Å². The zero-order valence-electron chi connectivity index (χ0n) is 10.4. The number of nitrogens with one attached hydrogen (secondary N) is 1. The molecular weight excluding hydrogens is 325 g/mol. The second-order valence-corrected chi connectivity index (χ2v) is 5.11. The Bertz CT molecular complexity index is 617. The molecule has 1 N–H and O–H groups in total. The maximum Gasteiger partial charge on any atom is 0.373 e. The fourth-order valence-corrected chi connectivity index (χ4v) is 2.52. The van der Waals surface area contributed by atoms with Gasteiger partial charge in [0.2, 0.25) is 5.76 Å². The molecule has 20 heavy (non-hydrogen) atoms. The van der Waals surface area contributed by atoms with E-state index in [0.29, 0.717) is 33.1 Å². The van der Waals surface area contributed by atoms with E-state index in [4.69, 9.17) is 39.2 Å². The Balaban J connectivity index is 2.09. The minimum absolute atomic E-state index is 0.137. The van der Waals surface area contributed by atoms with E-state index >= 15 is 0 Å². The van der Waals surface area contributed by atoms with Gasteiger partial charge in [-0.3, -0.25) is 0 Å². The van der Waals surface area contributed by atoms with Crippen LogP contribution in [0.15, 0.2) is 28.7 Å². The van der Waals surface area contributed by atoms with Gasteiger partial charge in [0, 0.05) is 5.02 Å². The second kappa shape index (κ2) is 6.39. The lowest BCUT2D eigenvalue weighted by Gasteiger charge is -2.09. The molecule has 0 aliphatic rings. The van der Waals surface area contributed by atoms with Gasteiger partial charge in [-0.2, -0.15) is 0 Å². The molecule has 0 saturated carbocycles. The van der Waals surface area contributed by atoms with E-state index in [1.165, 1.54) is 13.2 Å². The zero-order valence-corrected chi connectivity index (χ0v) is 12.6. The van der Waals surface area contributed by atoms with E-state index in [9.17, 15) is 4.79 Å². The second-order valence-electron chi connectivity index (χ2n) is 3.86. The predicted octanol–water partition coefficient (Wildman–Crippen LogP) is 4.64. The third-order valence-electron chi connectivity index (χ3n) is 2.49. The molecule has 0 saturated heterocycles. The van der Waals surface area contributed by atoms with Crippen molar-refractivity contribution in [2.45, 2.75) is 6.54 Å². The molecular formula is C13H10Cl3NO3. The first-order valence-corrected chi connectivity index (χ1v) is 6.70. The number of rotatable bonds is 4. The van der Waals surface area contributed by atoms with Crippen LogP contribution in [0.2, 0.25) is 15.1 Å². The number of esters is 1. The molecule has 0 radical (unpaired) electrons. The summed E-state index contributed by atoms with van der Waals surface area (Å²) in [6.07, 6.45) is 0. The van der Waals surface area contributed by atoms with Crippen molar-refractivity contribution in [3.05, 3.63) is 50.9 Å². The minimum atomic E-state index is -0.529. The lowest BCUT2D eigenvalue weighted by molar-refractivity contribution is 0.0563. The highest BCUT2D eigenvalue weighted by Crippen LogP contribution is 2.33. The normalized spacial score (nSPS) is 10.4. The van der Waals surface area contributed by atoms with E-state index in [0.717, 1.165) is 0 Å². The van der Waals surface area contributed by atoms with Crippen LogP contribution >= 0.6 is 34.8 Å². The molecule has 2 rings (SSSR count). The number of halogens is 3. The number of ether oxygens (including phenoxy) is 1. The molecule has 0 fully saturated rings. The largest absolute Gasteiger partial charge is 0.463 e. The van der Waals surface area contributed by atoms with Gasteiger partial charge in [0.15, 0.2) is 0 Å². The first kappa shape index (κ1) is 15.0. The molecule has 0 unspecified atom stereocenters. The molecule has 1 aromatic carbocycles. The maximum atomic E-state index is 11.3. The number of methoxy groups -OCH3 is 1. The van der Waals surface area contributed by atoms with Crippen LogP contribution in [0.25, 0.3) is 0 Å². The summed E-state index contributed by atoms with van der Waals surface area (Å²) in [7, 11) is 1.29. The van der Waals surface area contributed by atoms with Crippen LogP contribution in [0.3, 0.4) is 0 Å². The Labute approximate surface area is 130 Å². The predicted molar refractivity (Wildman–Crippen MR) is 78.8 cm³/mol. The van der Waals surface area contributed by atoms with Gasteiger partial charge < -0.3 is 14.5 Å². The van der Waals surface area contributed by atoms with Crippen LogP contribution in [0, 0.1) is 0 Å². The van der Waals surface area contributed by atoms with Crippen LogP contribution < -0.4 is 5.32 Å². The number of carbonyl (C=O) groups excluding carboxylic acids is 1. The Morgan fingerprint density at radius 2 is 1.90 bits per heavy atom. The summed E-state index contributed by atoms with van der Waals surface area (Å²) in [5, 5.41) is 4.29. The Hall–Kier alpha value is -1.36. The van der Waals surface area contributed by atoms with Crippen LogP contribution in [-0.4, -0.2) is 13.1 Å². The lowest BCUT2D eigenvalue weighted by Crippen LogP contribution is -2.01. The molecule has 4 nitrogen and oxygen atoms in total. The fourth-order valence-electron chi connectivity index (χ4n) is 1.57. The van der Waals surface area contributed by atoms with Crippen LogP contribution in [-0.2, 0) is 11.3 Å². The van der Waals surface area contributed by atoms with Gasteiger partial charge in [-0.05, 0) is 24.3 Å². The molecule has 0 aliphatic carbocycles. The average Bonchev–Trinajstić information content (AvgIpc) is 2.85. The summed E-state index contributed by atoms with van der Waals surface area (Å²) >= 11 is 17.9. The van der Waals surface area contributed by atoms with Gasteiger partial charge >= 0.3 is 5.97 Å². The summed E-state index contributed by atoms with van der Waals surface area (Å²) in [6.45, 7) is 0.318. The van der Waals surface area contributed by atoms with Crippen molar-refractivity contribution in [2.24, 2.45) is 0 Å². The standard InChI is InChI=1S/C13H10Cl3NO3/c1-19-13(18)11-3-2-8(20-11)6-17-12-9(15)4-7(14)5-10(12)16/h2-5,17H,6H2,1H3. The zero-order chi connectivity index (χ0) is 14.7. The van der Waals surface area contributed by atoms with Crippen LogP contribution in [0.4, 0.5) is 5.69 Å². The van der Waals surface area contributed by atoms with E-state index in [2.05, 4.69) is 10.1 Å². The number of hydrogen-bond acceptors (Lipinski definition) is 4. The molecule has 1 heterocycles. The van der Waals surface area contributed by atoms with Crippen LogP contribution in [0.5, 0.6) is 0 Å². The van der Waals surface area contributed by atoms with Gasteiger partial charge in [0.05, 0.1) is 29.4 Å². The van der Waals surface area contributed by atoms with Crippen molar-refractivity contribution in [2.75, 3.05) is 12.4 Å². The van der Waals surface area contributed by atoms with E-state index in [-0.39, 0.29) is 5.76 Å². The monoisotopic (exact) mass is 333 g/mol. The number of furan rings is 1. The minimum Gasteiger partial charge on any atom is -0.463 e. The van der Waals surface area contributed by atoms with E-state index < -0.39 is 5.97 Å². The van der Waals surface area contributed by atoms with Crippen molar-refractivity contribution in [1.82, 2.24) is 0 Å². The third-order valence-corrected chi connectivity index (χ3v) is 3.31. The summed E-state index contributed by atoms with van der Waals surface area (Å²) in [5.74, 6) is 0.156. The highest BCUT2D eigenvalue weighted by atomic mass is 35.5. The summed E-state index contributed by atoms with van der Waals surface area (Å²) < 4.78 is 9.87. The Kier molecular flexibility index (Phi) is 4.81. The molecule has 0 spiro atoms. The molecule has 0 aliphatic heterocycles. The maximum absolute atomic E-state index is 11.3. The van der Waals surface area contributed by atoms with E-state index in [1.807, 2.05) is 0 Å². The SMILES string of the molecule is COC(=O)c1ccc(CNc2c(Cl)cc(Cl)cc2Cl)o1. The van der Waals surface area contributed by atoms with Crippen molar-refractivity contribution < 1.29 is 13.9 Å². The average molecular weight is 335 g/mol. The number of hydrogen-bond donors (Lipinski definition) is 1. The van der Waals surface area contributed by atoms with Gasteiger partial charge in [0.1, 0.15) is 5.76 Å². The molecule has 0 atom stereocenters. The molecule has 0 bridgehead atoms. The summed E-state index contributed by atoms with van der Waals surface area (Å²) in [4.78, 5) is 11.3. The number of carbonyl (C=O) groups is 1. The summed E-state index contributed by atoms with van der Waals surface area (Å²) in [5.41, 5.74) is 0.550. The Morgan fingerprint density at radius 1 is 1.25 bits per heavy atom. The van der Waals surface area contributed by atoms with Crippen molar-refractivity contribution in [3.63, 3.8) is 0 Å². The lowest BCUT2D eigenvalue weighted by atomic mass is 10.3. The number of benzene rings is 1. The van der Waals surface area contributed by atoms with Gasteiger partial charge in [-0.15, -0.1) is 0 Å².